The van der Waals surface area contributed by atoms with Gasteiger partial charge in [-0.15, -0.1) is 5.10 Å². The van der Waals surface area contributed by atoms with Crippen LogP contribution < -0.4 is 15.4 Å². The summed E-state index contributed by atoms with van der Waals surface area (Å²) < 4.78 is 11.0. The number of pyridine rings is 2. The third kappa shape index (κ3) is 4.07. The minimum atomic E-state index is 0.283. The van der Waals surface area contributed by atoms with Gasteiger partial charge in [0.05, 0.1) is 12.7 Å². The molecular formula is C20H18N6O2. The Morgan fingerprint density at radius 3 is 2.82 bits per heavy atom. The van der Waals surface area contributed by atoms with E-state index in [1.807, 2.05) is 48.5 Å². The van der Waals surface area contributed by atoms with Crippen LogP contribution >= 0.6 is 0 Å². The van der Waals surface area contributed by atoms with E-state index < -0.39 is 0 Å². The van der Waals surface area contributed by atoms with Gasteiger partial charge in [0.15, 0.2) is 0 Å². The van der Waals surface area contributed by atoms with E-state index in [-0.39, 0.29) is 6.01 Å². The lowest BCUT2D eigenvalue weighted by molar-refractivity contribution is 0.415. The molecule has 28 heavy (non-hydrogen) atoms. The van der Waals surface area contributed by atoms with Crippen molar-refractivity contribution in [3.8, 4) is 17.2 Å². The number of ether oxygens (including phenoxy) is 1. The molecule has 1 aromatic carbocycles. The van der Waals surface area contributed by atoms with Gasteiger partial charge in [0.1, 0.15) is 11.6 Å². The van der Waals surface area contributed by atoms with Crippen LogP contribution in [0.3, 0.4) is 0 Å². The number of anilines is 3. The highest BCUT2D eigenvalue weighted by molar-refractivity contribution is 5.69. The number of nitrogens with one attached hydrogen (secondary N) is 2. The molecule has 0 aliphatic heterocycles. The summed E-state index contributed by atoms with van der Waals surface area (Å²) in [5.74, 6) is 1.76. The highest BCUT2D eigenvalue weighted by atomic mass is 16.5. The van der Waals surface area contributed by atoms with Crippen LogP contribution in [0.4, 0.5) is 17.5 Å². The van der Waals surface area contributed by atoms with E-state index in [1.54, 1.807) is 25.7 Å². The van der Waals surface area contributed by atoms with Crippen molar-refractivity contribution in [1.82, 2.24) is 20.2 Å². The number of hydrogen-bond donors (Lipinski definition) is 2. The van der Waals surface area contributed by atoms with Gasteiger partial charge in [0.2, 0.25) is 0 Å². The zero-order valence-corrected chi connectivity index (χ0v) is 15.2. The molecule has 0 saturated heterocycles. The first-order valence-corrected chi connectivity index (χ1v) is 8.64. The minimum absolute atomic E-state index is 0.283. The molecule has 0 aliphatic carbocycles. The third-order valence-corrected chi connectivity index (χ3v) is 3.97. The van der Waals surface area contributed by atoms with Gasteiger partial charge in [-0.2, -0.15) is 0 Å². The summed E-state index contributed by atoms with van der Waals surface area (Å²) in [5.41, 5.74) is 2.55. The zero-order valence-electron chi connectivity index (χ0n) is 15.2. The maximum absolute atomic E-state index is 5.77. The predicted molar refractivity (Wildman–Crippen MR) is 105 cm³/mol. The molecule has 8 nitrogen and oxygen atoms in total. The van der Waals surface area contributed by atoms with Crippen molar-refractivity contribution < 1.29 is 9.15 Å². The monoisotopic (exact) mass is 374 g/mol. The van der Waals surface area contributed by atoms with E-state index >= 15 is 0 Å². The molecule has 0 atom stereocenters. The molecule has 0 fully saturated rings. The van der Waals surface area contributed by atoms with Crippen LogP contribution in [0.15, 0.2) is 71.5 Å². The van der Waals surface area contributed by atoms with Crippen molar-refractivity contribution in [2.24, 2.45) is 0 Å². The smallest absolute Gasteiger partial charge is 0.320 e. The van der Waals surface area contributed by atoms with Crippen LogP contribution in [0.1, 0.15) is 5.56 Å². The summed E-state index contributed by atoms with van der Waals surface area (Å²) in [5, 5.41) is 14.6. The molecule has 3 heterocycles. The lowest BCUT2D eigenvalue weighted by Gasteiger charge is -2.08. The Hall–Kier alpha value is -3.94. The van der Waals surface area contributed by atoms with Gasteiger partial charge in [0, 0.05) is 36.9 Å². The van der Waals surface area contributed by atoms with Gasteiger partial charge in [0.25, 0.3) is 5.89 Å². The van der Waals surface area contributed by atoms with Crippen LogP contribution in [-0.4, -0.2) is 27.3 Å². The number of benzene rings is 1. The Morgan fingerprint density at radius 2 is 1.96 bits per heavy atom. The summed E-state index contributed by atoms with van der Waals surface area (Å²) in [6.45, 7) is 0.584. The Kier molecular flexibility index (Phi) is 5.10. The average molecular weight is 374 g/mol. The van der Waals surface area contributed by atoms with Crippen molar-refractivity contribution in [1.29, 1.82) is 0 Å². The molecule has 0 spiro atoms. The van der Waals surface area contributed by atoms with Crippen LogP contribution in [-0.2, 0) is 6.54 Å². The quantitative estimate of drug-likeness (QED) is 0.503. The summed E-state index contributed by atoms with van der Waals surface area (Å²) in [6, 6.07) is 15.3. The van der Waals surface area contributed by atoms with E-state index in [2.05, 4.69) is 30.8 Å². The lowest BCUT2D eigenvalue weighted by atomic mass is 10.2. The van der Waals surface area contributed by atoms with Gasteiger partial charge in [-0.05, 0) is 35.9 Å². The molecule has 3 aromatic heterocycles. The van der Waals surface area contributed by atoms with Crippen LogP contribution in [0, 0.1) is 0 Å². The van der Waals surface area contributed by atoms with E-state index in [0.29, 0.717) is 18.3 Å². The Morgan fingerprint density at radius 1 is 1.04 bits per heavy atom. The molecule has 2 N–H and O–H groups in total. The first kappa shape index (κ1) is 17.5. The predicted octanol–water partition coefficient (Wildman–Crippen LogP) is 3.89. The maximum Gasteiger partial charge on any atom is 0.320 e. The average Bonchev–Trinajstić information content (AvgIpc) is 3.21. The zero-order chi connectivity index (χ0) is 19.2. The fourth-order valence-corrected chi connectivity index (χ4v) is 2.61. The van der Waals surface area contributed by atoms with Gasteiger partial charge in [-0.3, -0.25) is 4.98 Å². The second kappa shape index (κ2) is 8.17. The fraction of sp³-hybridized carbons (Fsp3) is 0.100. The number of hydrogen-bond acceptors (Lipinski definition) is 8. The minimum Gasteiger partial charge on any atom is -0.497 e. The highest BCUT2D eigenvalue weighted by Crippen LogP contribution is 2.28. The number of nitrogens with zero attached hydrogens (tertiary/aromatic N) is 4. The van der Waals surface area contributed by atoms with Crippen molar-refractivity contribution in [3.05, 3.63) is 72.7 Å². The van der Waals surface area contributed by atoms with Crippen molar-refractivity contribution >= 4 is 17.5 Å². The second-order valence-electron chi connectivity index (χ2n) is 5.88. The number of rotatable bonds is 7. The summed E-state index contributed by atoms with van der Waals surface area (Å²) in [7, 11) is 1.62. The molecule has 0 amide bonds. The van der Waals surface area contributed by atoms with Crippen molar-refractivity contribution in [2.45, 2.75) is 6.54 Å². The first-order valence-electron chi connectivity index (χ1n) is 8.64. The Bertz CT molecular complexity index is 1050. The SMILES string of the molecule is COc1cccc(Nc2nnc(-c3cccnc3NCc3cccnc3)o2)c1. The largest absolute Gasteiger partial charge is 0.497 e. The van der Waals surface area contributed by atoms with Gasteiger partial charge >= 0.3 is 6.01 Å². The molecule has 0 saturated carbocycles. The molecule has 140 valence electrons. The van der Waals surface area contributed by atoms with E-state index in [1.165, 1.54) is 0 Å². The van der Waals surface area contributed by atoms with Crippen molar-refractivity contribution in [3.63, 3.8) is 0 Å². The van der Waals surface area contributed by atoms with Gasteiger partial charge < -0.3 is 19.8 Å². The highest BCUT2D eigenvalue weighted by Gasteiger charge is 2.14. The normalized spacial score (nSPS) is 10.5. The second-order valence-corrected chi connectivity index (χ2v) is 5.88. The maximum atomic E-state index is 5.77. The van der Waals surface area contributed by atoms with Gasteiger partial charge in [-0.1, -0.05) is 17.2 Å². The van der Waals surface area contributed by atoms with Crippen LogP contribution in [0.25, 0.3) is 11.5 Å². The third-order valence-electron chi connectivity index (χ3n) is 3.97. The first-order chi connectivity index (χ1) is 13.8. The topological polar surface area (TPSA) is 98.0 Å². The lowest BCUT2D eigenvalue weighted by Crippen LogP contribution is -2.03. The van der Waals surface area contributed by atoms with E-state index in [9.17, 15) is 0 Å². The van der Waals surface area contributed by atoms with Crippen LogP contribution in [0.2, 0.25) is 0 Å². The molecule has 0 aliphatic rings. The fourth-order valence-electron chi connectivity index (χ4n) is 2.61. The van der Waals surface area contributed by atoms with Crippen molar-refractivity contribution in [2.75, 3.05) is 17.7 Å². The molecular weight excluding hydrogens is 356 g/mol. The van der Waals surface area contributed by atoms with Crippen LogP contribution in [0.5, 0.6) is 5.75 Å². The summed E-state index contributed by atoms with van der Waals surface area (Å²) >= 11 is 0. The Labute approximate surface area is 161 Å². The summed E-state index contributed by atoms with van der Waals surface area (Å²) in [6.07, 6.45) is 5.25. The summed E-state index contributed by atoms with van der Waals surface area (Å²) in [4.78, 5) is 8.50. The van der Waals surface area contributed by atoms with E-state index in [0.717, 1.165) is 22.6 Å². The number of aromatic nitrogens is 4. The molecule has 0 unspecified atom stereocenters. The molecule has 4 aromatic rings. The van der Waals surface area contributed by atoms with E-state index in [4.69, 9.17) is 9.15 Å². The molecule has 4 rings (SSSR count). The molecule has 0 radical (unpaired) electrons. The molecule has 0 bridgehead atoms. The van der Waals surface area contributed by atoms with Gasteiger partial charge in [-0.25, -0.2) is 4.98 Å². The standard InChI is InChI=1S/C20H18N6O2/c1-27-16-7-2-6-15(11-16)24-20-26-25-19(28-20)17-8-4-10-22-18(17)23-13-14-5-3-9-21-12-14/h2-12H,13H2,1H3,(H,22,23)(H,24,26). The number of methoxy groups -OCH3 is 1. The molecule has 8 heteroatoms. The Balaban J connectivity index is 1.52.